The SMILES string of the molecule is CCOC(=O)N1COCc2c1ccc1cc3ccc(NC)c(CO)c3nc21. The summed E-state index contributed by atoms with van der Waals surface area (Å²) < 4.78 is 10.8. The Kier molecular flexibility index (Phi) is 4.55. The summed E-state index contributed by atoms with van der Waals surface area (Å²) in [7, 11) is 1.81. The van der Waals surface area contributed by atoms with Gasteiger partial charge in [-0.1, -0.05) is 12.1 Å². The first kappa shape index (κ1) is 17.5. The molecule has 0 bridgehead atoms. The molecule has 3 aromatic rings. The van der Waals surface area contributed by atoms with Crippen LogP contribution in [-0.2, 0) is 22.7 Å². The zero-order valence-corrected chi connectivity index (χ0v) is 15.3. The van der Waals surface area contributed by atoms with Crippen LogP contribution < -0.4 is 10.2 Å². The van der Waals surface area contributed by atoms with E-state index in [1.54, 1.807) is 6.92 Å². The van der Waals surface area contributed by atoms with Crippen LogP contribution in [0.15, 0.2) is 30.3 Å². The number of pyridine rings is 1. The van der Waals surface area contributed by atoms with Crippen molar-refractivity contribution in [1.82, 2.24) is 4.98 Å². The van der Waals surface area contributed by atoms with Crippen molar-refractivity contribution in [3.05, 3.63) is 41.5 Å². The molecule has 1 aliphatic rings. The van der Waals surface area contributed by atoms with Crippen LogP contribution in [0.4, 0.5) is 16.2 Å². The average Bonchev–Trinajstić information content (AvgIpc) is 2.70. The number of benzene rings is 2. The van der Waals surface area contributed by atoms with Crippen LogP contribution in [-0.4, -0.2) is 36.6 Å². The molecule has 0 fully saturated rings. The predicted molar refractivity (Wildman–Crippen MR) is 104 cm³/mol. The summed E-state index contributed by atoms with van der Waals surface area (Å²) >= 11 is 0. The predicted octanol–water partition coefficient (Wildman–Crippen LogP) is 3.37. The molecule has 27 heavy (non-hydrogen) atoms. The van der Waals surface area contributed by atoms with Gasteiger partial charge in [-0.05, 0) is 25.1 Å². The summed E-state index contributed by atoms with van der Waals surface area (Å²) in [6, 6.07) is 9.81. The van der Waals surface area contributed by atoms with Crippen LogP contribution in [0.1, 0.15) is 18.1 Å². The highest BCUT2D eigenvalue weighted by Crippen LogP contribution is 2.35. The lowest BCUT2D eigenvalue weighted by Crippen LogP contribution is -2.37. The van der Waals surface area contributed by atoms with E-state index in [4.69, 9.17) is 14.5 Å². The second-order valence-corrected chi connectivity index (χ2v) is 6.30. The van der Waals surface area contributed by atoms with Crippen LogP contribution >= 0.6 is 0 Å². The number of aliphatic hydroxyl groups excluding tert-OH is 1. The van der Waals surface area contributed by atoms with Crippen molar-refractivity contribution < 1.29 is 19.4 Å². The Bertz CT molecular complexity index is 1030. The van der Waals surface area contributed by atoms with E-state index in [9.17, 15) is 9.90 Å². The highest BCUT2D eigenvalue weighted by atomic mass is 16.6. The van der Waals surface area contributed by atoms with E-state index in [0.717, 1.165) is 44.3 Å². The maximum Gasteiger partial charge on any atom is 0.416 e. The Balaban J connectivity index is 1.95. The summed E-state index contributed by atoms with van der Waals surface area (Å²) in [5.41, 5.74) is 4.66. The second kappa shape index (κ2) is 7.02. The number of rotatable bonds is 3. The normalized spacial score (nSPS) is 13.7. The van der Waals surface area contributed by atoms with Gasteiger partial charge in [0.25, 0.3) is 0 Å². The van der Waals surface area contributed by atoms with E-state index >= 15 is 0 Å². The average molecular weight is 367 g/mol. The van der Waals surface area contributed by atoms with Gasteiger partial charge in [0.05, 0.1) is 36.5 Å². The van der Waals surface area contributed by atoms with Crippen LogP contribution in [0.3, 0.4) is 0 Å². The Morgan fingerprint density at radius 1 is 1.30 bits per heavy atom. The summed E-state index contributed by atoms with van der Waals surface area (Å²) in [5.74, 6) is 0. The zero-order valence-electron chi connectivity index (χ0n) is 15.3. The summed E-state index contributed by atoms with van der Waals surface area (Å²) in [6.07, 6.45) is -0.438. The van der Waals surface area contributed by atoms with E-state index in [1.807, 2.05) is 37.4 Å². The van der Waals surface area contributed by atoms with Gasteiger partial charge in [-0.3, -0.25) is 4.90 Å². The minimum absolute atomic E-state index is 0.119. The minimum atomic E-state index is -0.438. The third kappa shape index (κ3) is 2.85. The lowest BCUT2D eigenvalue weighted by atomic mass is 10.0. The molecule has 0 spiro atoms. The van der Waals surface area contributed by atoms with Gasteiger partial charge in [-0.25, -0.2) is 9.78 Å². The van der Waals surface area contributed by atoms with Gasteiger partial charge in [0.15, 0.2) is 0 Å². The number of nitrogens with zero attached hydrogens (tertiary/aromatic N) is 2. The first-order valence-corrected chi connectivity index (χ1v) is 8.86. The summed E-state index contributed by atoms with van der Waals surface area (Å²) in [6.45, 7) is 2.46. The number of aliphatic hydroxyl groups is 1. The lowest BCUT2D eigenvalue weighted by molar-refractivity contribution is 0.0975. The molecule has 2 N–H and O–H groups in total. The van der Waals surface area contributed by atoms with Crippen molar-refractivity contribution in [2.45, 2.75) is 20.1 Å². The Hall–Kier alpha value is -2.90. The van der Waals surface area contributed by atoms with Gasteiger partial charge in [-0.15, -0.1) is 0 Å². The van der Waals surface area contributed by atoms with E-state index < -0.39 is 6.09 Å². The van der Waals surface area contributed by atoms with Crippen molar-refractivity contribution >= 4 is 39.3 Å². The largest absolute Gasteiger partial charge is 0.449 e. The molecule has 7 nitrogen and oxygen atoms in total. The summed E-state index contributed by atoms with van der Waals surface area (Å²) in [5, 5.41) is 14.9. The van der Waals surface area contributed by atoms with Gasteiger partial charge in [0, 0.05) is 34.6 Å². The number of carbonyl (C=O) groups is 1. The summed E-state index contributed by atoms with van der Waals surface area (Å²) in [4.78, 5) is 18.6. The standard InChI is InChI=1S/C20H21N3O4/c1-3-27-20(25)23-11-26-10-15-17(23)7-5-13-8-12-4-6-16(21-2)14(9-24)18(12)22-19(13)15/h4-8,21,24H,3,9-11H2,1-2H3. The number of fused-ring (bicyclic) bond motifs is 4. The number of hydrogen-bond acceptors (Lipinski definition) is 6. The van der Waals surface area contributed by atoms with Gasteiger partial charge in [-0.2, -0.15) is 0 Å². The third-order valence-corrected chi connectivity index (χ3v) is 4.81. The Morgan fingerprint density at radius 3 is 2.81 bits per heavy atom. The fourth-order valence-corrected chi connectivity index (χ4v) is 3.52. The lowest BCUT2D eigenvalue weighted by Gasteiger charge is -2.29. The molecule has 0 saturated heterocycles. The number of ether oxygens (including phenoxy) is 2. The number of hydrogen-bond donors (Lipinski definition) is 2. The van der Waals surface area contributed by atoms with Crippen molar-refractivity contribution in [3.8, 4) is 0 Å². The molecule has 1 amide bonds. The maximum absolute atomic E-state index is 12.3. The van der Waals surface area contributed by atoms with Crippen LogP contribution in [0.2, 0.25) is 0 Å². The Morgan fingerprint density at radius 2 is 2.07 bits per heavy atom. The molecular formula is C20H21N3O4. The van der Waals surface area contributed by atoms with Crippen LogP contribution in [0.25, 0.3) is 21.8 Å². The highest BCUT2D eigenvalue weighted by Gasteiger charge is 2.26. The molecule has 2 aromatic carbocycles. The number of anilines is 2. The van der Waals surface area contributed by atoms with Gasteiger partial charge in [0.1, 0.15) is 6.73 Å². The molecule has 0 atom stereocenters. The van der Waals surface area contributed by atoms with Crippen molar-refractivity contribution in [2.24, 2.45) is 0 Å². The molecule has 0 unspecified atom stereocenters. The van der Waals surface area contributed by atoms with Crippen LogP contribution in [0, 0.1) is 0 Å². The smallest absolute Gasteiger partial charge is 0.416 e. The minimum Gasteiger partial charge on any atom is -0.449 e. The van der Waals surface area contributed by atoms with Crippen LogP contribution in [0.5, 0.6) is 0 Å². The fourth-order valence-electron chi connectivity index (χ4n) is 3.52. The first-order valence-electron chi connectivity index (χ1n) is 8.86. The molecule has 2 heterocycles. The number of nitrogens with one attached hydrogen (secondary N) is 1. The van der Waals surface area contributed by atoms with Crippen molar-refractivity contribution in [2.75, 3.05) is 30.6 Å². The molecule has 1 aliphatic heterocycles. The van der Waals surface area contributed by atoms with E-state index in [2.05, 4.69) is 5.32 Å². The van der Waals surface area contributed by atoms with Gasteiger partial charge < -0.3 is 19.9 Å². The number of carbonyl (C=O) groups excluding carboxylic acids is 1. The van der Waals surface area contributed by atoms with E-state index in [1.165, 1.54) is 4.90 Å². The maximum atomic E-state index is 12.3. The van der Waals surface area contributed by atoms with Crippen molar-refractivity contribution in [3.63, 3.8) is 0 Å². The quantitative estimate of drug-likeness (QED) is 0.691. The molecule has 4 rings (SSSR count). The van der Waals surface area contributed by atoms with Crippen molar-refractivity contribution in [1.29, 1.82) is 0 Å². The molecule has 7 heteroatoms. The fraction of sp³-hybridized carbons (Fsp3) is 0.300. The number of amides is 1. The molecule has 140 valence electrons. The van der Waals surface area contributed by atoms with Gasteiger partial charge >= 0.3 is 6.09 Å². The molecular weight excluding hydrogens is 346 g/mol. The molecule has 1 aromatic heterocycles. The van der Waals surface area contributed by atoms with E-state index in [-0.39, 0.29) is 13.3 Å². The zero-order chi connectivity index (χ0) is 19.0. The topological polar surface area (TPSA) is 83.9 Å². The third-order valence-electron chi connectivity index (χ3n) is 4.81. The first-order chi connectivity index (χ1) is 13.2. The molecule has 0 aliphatic carbocycles. The second-order valence-electron chi connectivity index (χ2n) is 6.30. The number of aromatic nitrogens is 1. The monoisotopic (exact) mass is 367 g/mol. The highest BCUT2D eigenvalue weighted by molar-refractivity contribution is 6.01. The molecule has 0 saturated carbocycles. The van der Waals surface area contributed by atoms with Gasteiger partial charge in [0.2, 0.25) is 0 Å². The Labute approximate surface area is 156 Å². The van der Waals surface area contributed by atoms with E-state index in [0.29, 0.717) is 13.2 Å². The molecule has 0 radical (unpaired) electrons.